The molecule has 1 saturated heterocycles. The molecule has 0 aromatic heterocycles. The molecule has 0 N–H and O–H groups in total. The van der Waals surface area contributed by atoms with Gasteiger partial charge in [-0.2, -0.15) is 0 Å². The maximum Gasteiger partial charge on any atom is 0.356 e. The Balaban J connectivity index is 1.84. The van der Waals surface area contributed by atoms with Gasteiger partial charge in [0.1, 0.15) is 6.04 Å². The molecule has 1 aromatic carbocycles. The highest BCUT2D eigenvalue weighted by Crippen LogP contribution is 2.19. The van der Waals surface area contributed by atoms with Crippen LogP contribution in [0.1, 0.15) is 18.4 Å². The molecule has 0 saturated carbocycles. The lowest BCUT2D eigenvalue weighted by Crippen LogP contribution is -2.49. The predicted molar refractivity (Wildman–Crippen MR) is 82.1 cm³/mol. The summed E-state index contributed by atoms with van der Waals surface area (Å²) >= 11 is 0. The summed E-state index contributed by atoms with van der Waals surface area (Å²) in [5, 5.41) is 0.402. The molecule has 0 radical (unpaired) electrons. The molecule has 2 heterocycles. The van der Waals surface area contributed by atoms with Crippen LogP contribution in [0.25, 0.3) is 0 Å². The highest BCUT2D eigenvalue weighted by molar-refractivity contribution is 6.15. The molecule has 2 aliphatic heterocycles. The number of rotatable bonds is 5. The van der Waals surface area contributed by atoms with Crippen LogP contribution in [0, 0.1) is 0 Å². The van der Waals surface area contributed by atoms with Gasteiger partial charge in [-0.05, 0) is 5.56 Å². The Bertz CT molecular complexity index is 752. The van der Waals surface area contributed by atoms with Gasteiger partial charge in [0.05, 0.1) is 0 Å². The molecular formula is C17H14N2O6. The van der Waals surface area contributed by atoms with Crippen molar-refractivity contribution in [3.8, 4) is 0 Å². The van der Waals surface area contributed by atoms with Crippen LogP contribution in [0.4, 0.5) is 0 Å². The number of hydroxylamine groups is 2. The third kappa shape index (κ3) is 3.32. The minimum absolute atomic E-state index is 0.00898. The van der Waals surface area contributed by atoms with Gasteiger partial charge >= 0.3 is 5.97 Å². The van der Waals surface area contributed by atoms with E-state index in [9.17, 15) is 24.0 Å². The van der Waals surface area contributed by atoms with E-state index in [-0.39, 0.29) is 19.3 Å². The molecule has 1 fully saturated rings. The van der Waals surface area contributed by atoms with Gasteiger partial charge in [-0.15, -0.1) is 5.06 Å². The standard InChI is InChI=1S/C17H14N2O6/c20-13-6-7-14(21)18(13)12(10-11-4-2-1-3-5-11)17(24)25-19-15(22)8-9-16(19)23/h1-7,12H,8-10H2/t12-/m0/s1. The molecule has 0 bridgehead atoms. The van der Waals surface area contributed by atoms with E-state index in [4.69, 9.17) is 4.84 Å². The zero-order valence-electron chi connectivity index (χ0n) is 13.1. The number of hydrogen-bond donors (Lipinski definition) is 0. The first-order valence-electron chi connectivity index (χ1n) is 7.64. The van der Waals surface area contributed by atoms with Gasteiger partial charge in [-0.25, -0.2) is 4.79 Å². The van der Waals surface area contributed by atoms with Gasteiger partial charge in [0.25, 0.3) is 23.6 Å². The summed E-state index contributed by atoms with van der Waals surface area (Å²) < 4.78 is 0. The Morgan fingerprint density at radius 2 is 1.52 bits per heavy atom. The van der Waals surface area contributed by atoms with Crippen molar-refractivity contribution in [1.29, 1.82) is 0 Å². The maximum atomic E-state index is 12.5. The molecule has 1 atom stereocenters. The zero-order valence-corrected chi connectivity index (χ0v) is 13.1. The number of carbonyl (C=O) groups is 5. The highest BCUT2D eigenvalue weighted by Gasteiger charge is 2.40. The highest BCUT2D eigenvalue weighted by atomic mass is 16.7. The summed E-state index contributed by atoms with van der Waals surface area (Å²) in [5.74, 6) is -3.58. The number of carbonyl (C=O) groups excluding carboxylic acids is 5. The smallest absolute Gasteiger partial charge is 0.328 e. The van der Waals surface area contributed by atoms with Gasteiger partial charge in [-0.1, -0.05) is 30.3 Å². The summed E-state index contributed by atoms with van der Waals surface area (Å²) in [5.41, 5.74) is 0.691. The van der Waals surface area contributed by atoms with Crippen molar-refractivity contribution in [2.24, 2.45) is 0 Å². The Morgan fingerprint density at radius 3 is 2.08 bits per heavy atom. The van der Waals surface area contributed by atoms with Crippen molar-refractivity contribution in [2.75, 3.05) is 0 Å². The van der Waals surface area contributed by atoms with Gasteiger partial charge in [-0.3, -0.25) is 24.1 Å². The summed E-state index contributed by atoms with van der Waals surface area (Å²) in [7, 11) is 0. The van der Waals surface area contributed by atoms with E-state index in [0.717, 1.165) is 17.1 Å². The lowest BCUT2D eigenvalue weighted by Gasteiger charge is -2.25. The molecule has 128 valence electrons. The lowest BCUT2D eigenvalue weighted by atomic mass is 10.0. The van der Waals surface area contributed by atoms with E-state index in [1.54, 1.807) is 30.3 Å². The maximum absolute atomic E-state index is 12.5. The third-order valence-corrected chi connectivity index (χ3v) is 3.89. The number of imide groups is 2. The second-order valence-electron chi connectivity index (χ2n) is 5.58. The van der Waals surface area contributed by atoms with Crippen molar-refractivity contribution in [1.82, 2.24) is 9.96 Å². The van der Waals surface area contributed by atoms with E-state index >= 15 is 0 Å². The van der Waals surface area contributed by atoms with Crippen LogP contribution < -0.4 is 0 Å². The lowest BCUT2D eigenvalue weighted by molar-refractivity contribution is -0.201. The quantitative estimate of drug-likeness (QED) is 0.705. The molecule has 3 rings (SSSR count). The average Bonchev–Trinajstić information content (AvgIpc) is 3.09. The third-order valence-electron chi connectivity index (χ3n) is 3.89. The van der Waals surface area contributed by atoms with Crippen LogP contribution in [-0.4, -0.2) is 45.6 Å². The van der Waals surface area contributed by atoms with Crippen molar-refractivity contribution in [2.45, 2.75) is 25.3 Å². The van der Waals surface area contributed by atoms with Crippen molar-refractivity contribution in [3.63, 3.8) is 0 Å². The molecule has 8 heteroatoms. The number of amides is 4. The normalized spacial score (nSPS) is 18.2. The summed E-state index contributed by atoms with van der Waals surface area (Å²) in [6.45, 7) is 0. The van der Waals surface area contributed by atoms with E-state index < -0.39 is 35.6 Å². The second kappa shape index (κ2) is 6.68. The van der Waals surface area contributed by atoms with E-state index in [1.807, 2.05) is 0 Å². The number of benzene rings is 1. The van der Waals surface area contributed by atoms with Crippen LogP contribution in [0.5, 0.6) is 0 Å². The van der Waals surface area contributed by atoms with E-state index in [2.05, 4.69) is 0 Å². The minimum Gasteiger partial charge on any atom is -0.328 e. The topological polar surface area (TPSA) is 101 Å². The second-order valence-corrected chi connectivity index (χ2v) is 5.58. The number of nitrogens with zero attached hydrogens (tertiary/aromatic N) is 2. The van der Waals surface area contributed by atoms with E-state index in [0.29, 0.717) is 10.6 Å². The Labute approximate surface area is 142 Å². The first kappa shape index (κ1) is 16.6. The fourth-order valence-corrected chi connectivity index (χ4v) is 2.65. The first-order valence-corrected chi connectivity index (χ1v) is 7.64. The monoisotopic (exact) mass is 342 g/mol. The van der Waals surface area contributed by atoms with Gasteiger partial charge in [0.15, 0.2) is 0 Å². The fraction of sp³-hybridized carbons (Fsp3) is 0.235. The molecule has 0 spiro atoms. The van der Waals surface area contributed by atoms with Gasteiger partial charge < -0.3 is 4.84 Å². The SMILES string of the molecule is O=C(ON1C(=O)CCC1=O)[C@H](Cc1ccccc1)N1C(=O)C=CC1=O. The van der Waals surface area contributed by atoms with Crippen LogP contribution in [0.3, 0.4) is 0 Å². The minimum atomic E-state index is -1.28. The van der Waals surface area contributed by atoms with Crippen LogP contribution in [-0.2, 0) is 35.2 Å². The predicted octanol–water partition coefficient (Wildman–Crippen LogP) is 0.130. The molecule has 8 nitrogen and oxygen atoms in total. The largest absolute Gasteiger partial charge is 0.356 e. The molecule has 2 aliphatic rings. The fourth-order valence-electron chi connectivity index (χ4n) is 2.65. The Morgan fingerprint density at radius 1 is 0.960 bits per heavy atom. The number of hydrogen-bond acceptors (Lipinski definition) is 6. The van der Waals surface area contributed by atoms with E-state index in [1.165, 1.54) is 0 Å². The van der Waals surface area contributed by atoms with Crippen LogP contribution in [0.2, 0.25) is 0 Å². The van der Waals surface area contributed by atoms with Crippen molar-refractivity contribution in [3.05, 3.63) is 48.0 Å². The summed E-state index contributed by atoms with van der Waals surface area (Å²) in [6, 6.07) is 7.45. The molecule has 0 unspecified atom stereocenters. The average molecular weight is 342 g/mol. The Hall–Kier alpha value is -3.29. The van der Waals surface area contributed by atoms with Crippen molar-refractivity contribution < 1.29 is 28.8 Å². The molecule has 1 aromatic rings. The van der Waals surface area contributed by atoms with Gasteiger partial charge in [0, 0.05) is 31.4 Å². The van der Waals surface area contributed by atoms with Crippen molar-refractivity contribution >= 4 is 29.6 Å². The Kier molecular flexibility index (Phi) is 4.42. The van der Waals surface area contributed by atoms with Gasteiger partial charge in [0.2, 0.25) is 0 Å². The molecule has 0 aliphatic carbocycles. The summed E-state index contributed by atoms with van der Waals surface area (Å²) in [6.07, 6.45) is 2.03. The molecule has 25 heavy (non-hydrogen) atoms. The molecule has 4 amide bonds. The summed E-state index contributed by atoms with van der Waals surface area (Å²) in [4.78, 5) is 65.3. The van der Waals surface area contributed by atoms with Crippen LogP contribution in [0.15, 0.2) is 42.5 Å². The first-order chi connectivity index (χ1) is 12.0. The molecular weight excluding hydrogens is 328 g/mol. The zero-order chi connectivity index (χ0) is 18.0. The van der Waals surface area contributed by atoms with Crippen LogP contribution >= 0.6 is 0 Å².